The minimum atomic E-state index is -0.146. The first kappa shape index (κ1) is 18.7. The van der Waals surface area contributed by atoms with Gasteiger partial charge in [0.1, 0.15) is 5.82 Å². The summed E-state index contributed by atoms with van der Waals surface area (Å²) in [7, 11) is 0. The Balaban J connectivity index is 1.30. The van der Waals surface area contributed by atoms with Crippen LogP contribution in [0.5, 0.6) is 0 Å². The van der Waals surface area contributed by atoms with E-state index in [1.54, 1.807) is 6.20 Å². The molecule has 148 valence electrons. The van der Waals surface area contributed by atoms with Gasteiger partial charge in [0.25, 0.3) is 0 Å². The quantitative estimate of drug-likeness (QED) is 0.790. The van der Waals surface area contributed by atoms with Gasteiger partial charge in [0, 0.05) is 24.1 Å². The molecule has 28 heavy (non-hydrogen) atoms. The monoisotopic (exact) mass is 380 g/mol. The SMILES string of the molecule is Cc1cnn(C2CCCC2)c1NC(=O)CCC(=O)Nc1ccc2c(c1)CCC2. The number of hydrogen-bond donors (Lipinski definition) is 2. The summed E-state index contributed by atoms with van der Waals surface area (Å²) in [6.45, 7) is 1.95. The maximum Gasteiger partial charge on any atom is 0.226 e. The molecule has 1 heterocycles. The van der Waals surface area contributed by atoms with E-state index < -0.39 is 0 Å². The van der Waals surface area contributed by atoms with Crippen LogP contribution in [0.1, 0.15) is 67.7 Å². The van der Waals surface area contributed by atoms with Crippen LogP contribution in [-0.4, -0.2) is 21.6 Å². The molecule has 6 nitrogen and oxygen atoms in total. The number of carbonyl (C=O) groups excluding carboxylic acids is 2. The van der Waals surface area contributed by atoms with Gasteiger partial charge in [-0.2, -0.15) is 5.10 Å². The summed E-state index contributed by atoms with van der Waals surface area (Å²) in [5.74, 6) is 0.497. The molecule has 0 aliphatic heterocycles. The third-order valence-electron chi connectivity index (χ3n) is 5.87. The van der Waals surface area contributed by atoms with Crippen molar-refractivity contribution in [2.24, 2.45) is 0 Å². The van der Waals surface area contributed by atoms with Crippen molar-refractivity contribution in [3.05, 3.63) is 41.1 Å². The number of nitrogens with one attached hydrogen (secondary N) is 2. The molecule has 0 bridgehead atoms. The van der Waals surface area contributed by atoms with Crippen molar-refractivity contribution in [1.82, 2.24) is 9.78 Å². The molecule has 0 radical (unpaired) electrons. The number of hydrogen-bond acceptors (Lipinski definition) is 3. The largest absolute Gasteiger partial charge is 0.326 e. The van der Waals surface area contributed by atoms with Crippen LogP contribution in [0.15, 0.2) is 24.4 Å². The van der Waals surface area contributed by atoms with E-state index >= 15 is 0 Å². The average Bonchev–Trinajstić information content (AvgIpc) is 3.42. The van der Waals surface area contributed by atoms with E-state index in [2.05, 4.69) is 27.9 Å². The van der Waals surface area contributed by atoms with Gasteiger partial charge in [-0.05, 0) is 62.3 Å². The van der Waals surface area contributed by atoms with Crippen molar-refractivity contribution in [3.8, 4) is 0 Å². The molecular weight excluding hydrogens is 352 g/mol. The number of aryl methyl sites for hydroxylation is 3. The first-order valence-electron chi connectivity index (χ1n) is 10.4. The Kier molecular flexibility index (Phi) is 5.46. The summed E-state index contributed by atoms with van der Waals surface area (Å²) in [4.78, 5) is 24.7. The van der Waals surface area contributed by atoms with Gasteiger partial charge in [-0.25, -0.2) is 4.68 Å². The number of benzene rings is 1. The van der Waals surface area contributed by atoms with Gasteiger partial charge in [0.05, 0.1) is 12.2 Å². The topological polar surface area (TPSA) is 76.0 Å². The molecule has 4 rings (SSSR count). The van der Waals surface area contributed by atoms with Crippen LogP contribution in [0.4, 0.5) is 11.5 Å². The first-order chi connectivity index (χ1) is 13.6. The highest BCUT2D eigenvalue weighted by Crippen LogP contribution is 2.32. The summed E-state index contributed by atoms with van der Waals surface area (Å²) in [5.41, 5.74) is 4.49. The maximum absolute atomic E-state index is 12.4. The third-order valence-corrected chi connectivity index (χ3v) is 5.87. The third kappa shape index (κ3) is 4.11. The molecule has 6 heteroatoms. The molecule has 2 amide bonds. The maximum atomic E-state index is 12.4. The minimum absolute atomic E-state index is 0.130. The lowest BCUT2D eigenvalue weighted by molar-refractivity contribution is -0.121. The van der Waals surface area contributed by atoms with Gasteiger partial charge in [-0.3, -0.25) is 9.59 Å². The molecule has 0 atom stereocenters. The fraction of sp³-hybridized carbons (Fsp3) is 0.500. The molecule has 2 aliphatic carbocycles. The number of fused-ring (bicyclic) bond motifs is 1. The van der Waals surface area contributed by atoms with Crippen molar-refractivity contribution in [1.29, 1.82) is 0 Å². The highest BCUT2D eigenvalue weighted by Gasteiger charge is 2.22. The van der Waals surface area contributed by atoms with Crippen LogP contribution in [0.3, 0.4) is 0 Å². The molecule has 0 spiro atoms. The zero-order valence-electron chi connectivity index (χ0n) is 16.5. The predicted octanol–water partition coefficient (Wildman–Crippen LogP) is 4.15. The lowest BCUT2D eigenvalue weighted by Gasteiger charge is -2.15. The average molecular weight is 380 g/mol. The van der Waals surface area contributed by atoms with Crippen LogP contribution in [0.25, 0.3) is 0 Å². The van der Waals surface area contributed by atoms with Gasteiger partial charge >= 0.3 is 0 Å². The standard InChI is InChI=1S/C22H28N4O2/c1-15-14-23-26(19-7-2-3-8-19)22(15)25-21(28)12-11-20(27)24-18-10-9-16-5-4-6-17(16)13-18/h9-10,13-14,19H,2-8,11-12H2,1H3,(H,24,27)(H,25,28). The zero-order valence-corrected chi connectivity index (χ0v) is 16.5. The van der Waals surface area contributed by atoms with Gasteiger partial charge in [-0.15, -0.1) is 0 Å². The molecule has 0 unspecified atom stereocenters. The normalized spacial score (nSPS) is 16.2. The summed E-state index contributed by atoms with van der Waals surface area (Å²) < 4.78 is 1.95. The van der Waals surface area contributed by atoms with Crippen molar-refractivity contribution in [2.75, 3.05) is 10.6 Å². The van der Waals surface area contributed by atoms with Gasteiger partial charge < -0.3 is 10.6 Å². The molecule has 2 N–H and O–H groups in total. The molecule has 1 saturated carbocycles. The van der Waals surface area contributed by atoms with E-state index in [0.717, 1.165) is 42.8 Å². The smallest absolute Gasteiger partial charge is 0.226 e. The van der Waals surface area contributed by atoms with Crippen molar-refractivity contribution < 1.29 is 9.59 Å². The van der Waals surface area contributed by atoms with E-state index in [9.17, 15) is 9.59 Å². The fourth-order valence-corrected chi connectivity index (χ4v) is 4.32. The minimum Gasteiger partial charge on any atom is -0.326 e. The highest BCUT2D eigenvalue weighted by molar-refractivity contribution is 5.96. The number of rotatable bonds is 6. The molecule has 2 aliphatic rings. The van der Waals surface area contributed by atoms with Gasteiger partial charge in [0.15, 0.2) is 0 Å². The summed E-state index contributed by atoms with van der Waals surface area (Å²) in [6, 6.07) is 6.47. The van der Waals surface area contributed by atoms with Crippen LogP contribution < -0.4 is 10.6 Å². The Hall–Kier alpha value is -2.63. The fourth-order valence-electron chi connectivity index (χ4n) is 4.32. The lowest BCUT2D eigenvalue weighted by Crippen LogP contribution is -2.20. The van der Waals surface area contributed by atoms with E-state index in [0.29, 0.717) is 6.04 Å². The zero-order chi connectivity index (χ0) is 19.5. The summed E-state index contributed by atoms with van der Waals surface area (Å²) >= 11 is 0. The predicted molar refractivity (Wildman–Crippen MR) is 109 cm³/mol. The molecule has 1 aromatic carbocycles. The van der Waals surface area contributed by atoms with Crippen molar-refractivity contribution in [2.45, 2.75) is 70.8 Å². The Bertz CT molecular complexity index is 881. The first-order valence-corrected chi connectivity index (χ1v) is 10.4. The number of carbonyl (C=O) groups is 2. The van der Waals surface area contributed by atoms with Crippen LogP contribution in [0.2, 0.25) is 0 Å². The van der Waals surface area contributed by atoms with E-state index in [4.69, 9.17) is 0 Å². The lowest BCUT2D eigenvalue weighted by atomic mass is 10.1. The second kappa shape index (κ2) is 8.17. The van der Waals surface area contributed by atoms with E-state index in [1.165, 1.54) is 30.4 Å². The molecule has 0 saturated heterocycles. The Morgan fingerprint density at radius 1 is 1.04 bits per heavy atom. The molecule has 1 aromatic heterocycles. The Morgan fingerprint density at radius 2 is 1.75 bits per heavy atom. The molecule has 1 fully saturated rings. The molecule has 2 aromatic rings. The van der Waals surface area contributed by atoms with Crippen LogP contribution in [-0.2, 0) is 22.4 Å². The Morgan fingerprint density at radius 3 is 2.54 bits per heavy atom. The van der Waals surface area contributed by atoms with E-state index in [1.807, 2.05) is 17.7 Å². The molecular formula is C22H28N4O2. The second-order valence-corrected chi connectivity index (χ2v) is 7.99. The highest BCUT2D eigenvalue weighted by atomic mass is 16.2. The summed E-state index contributed by atoms with van der Waals surface area (Å²) in [6.07, 6.45) is 10.1. The number of nitrogens with zero attached hydrogens (tertiary/aromatic N) is 2. The number of amides is 2. The Labute approximate surface area is 165 Å². The van der Waals surface area contributed by atoms with Crippen LogP contribution >= 0.6 is 0 Å². The van der Waals surface area contributed by atoms with Crippen molar-refractivity contribution >= 4 is 23.3 Å². The van der Waals surface area contributed by atoms with E-state index in [-0.39, 0.29) is 24.7 Å². The van der Waals surface area contributed by atoms with Crippen LogP contribution in [0, 0.1) is 6.92 Å². The van der Waals surface area contributed by atoms with Gasteiger partial charge in [0.2, 0.25) is 11.8 Å². The number of anilines is 2. The van der Waals surface area contributed by atoms with Crippen molar-refractivity contribution in [3.63, 3.8) is 0 Å². The second-order valence-electron chi connectivity index (χ2n) is 7.99. The summed E-state index contributed by atoms with van der Waals surface area (Å²) in [5, 5.41) is 10.3. The number of aromatic nitrogens is 2. The van der Waals surface area contributed by atoms with Gasteiger partial charge in [-0.1, -0.05) is 18.9 Å².